The minimum atomic E-state index is -1.00. The van der Waals surface area contributed by atoms with Crippen LogP contribution in [0.25, 0.3) is 11.1 Å². The summed E-state index contributed by atoms with van der Waals surface area (Å²) in [6.45, 7) is 5.22. The Bertz CT molecular complexity index is 1510. The van der Waals surface area contributed by atoms with E-state index in [1.54, 1.807) is 13.3 Å². The summed E-state index contributed by atoms with van der Waals surface area (Å²) in [5, 5.41) is 25.6. The van der Waals surface area contributed by atoms with Crippen LogP contribution in [0.1, 0.15) is 88.3 Å². The molecule has 5 rings (SSSR count). The normalized spacial score (nSPS) is 21.6. The van der Waals surface area contributed by atoms with Gasteiger partial charge in [-0.15, -0.1) is 0 Å². The van der Waals surface area contributed by atoms with Gasteiger partial charge in [0.1, 0.15) is 17.6 Å². The third kappa shape index (κ3) is 7.83. The van der Waals surface area contributed by atoms with E-state index >= 15 is 0 Å². The van der Waals surface area contributed by atoms with Crippen molar-refractivity contribution >= 4 is 17.8 Å². The number of nitrogens with one attached hydrogen (secondary N) is 1. The topological polar surface area (TPSA) is 133 Å². The number of carboxylic acid groups (broad SMARTS) is 1. The molecule has 2 aromatic heterocycles. The second kappa shape index (κ2) is 14.6. The lowest BCUT2D eigenvalue weighted by molar-refractivity contribution is -0.123. The van der Waals surface area contributed by atoms with Gasteiger partial charge >= 0.3 is 6.09 Å². The maximum Gasteiger partial charge on any atom is 0.404 e. The van der Waals surface area contributed by atoms with E-state index in [0.717, 1.165) is 62.5 Å². The molecule has 2 N–H and O–H groups in total. The summed E-state index contributed by atoms with van der Waals surface area (Å²) in [4.78, 5) is 31.8. The zero-order valence-electron chi connectivity index (χ0n) is 26.5. The predicted molar refractivity (Wildman–Crippen MR) is 172 cm³/mol. The molecule has 2 fully saturated rings. The summed E-state index contributed by atoms with van der Waals surface area (Å²) in [5.41, 5.74) is 3.70. The van der Waals surface area contributed by atoms with Crippen molar-refractivity contribution < 1.29 is 19.4 Å². The van der Waals surface area contributed by atoms with Crippen molar-refractivity contribution in [2.75, 3.05) is 25.1 Å². The Morgan fingerprint density at radius 2 is 1.80 bits per heavy atom. The molecule has 2 heterocycles. The number of rotatable bonds is 10. The zero-order chi connectivity index (χ0) is 31.9. The predicted octanol–water partition coefficient (Wildman–Crippen LogP) is 6.79. The fourth-order valence-corrected chi connectivity index (χ4v) is 6.88. The van der Waals surface area contributed by atoms with Gasteiger partial charge in [-0.1, -0.05) is 6.07 Å². The number of ether oxygens (including phenoxy) is 1. The highest BCUT2D eigenvalue weighted by molar-refractivity contribution is 5.94. The van der Waals surface area contributed by atoms with Gasteiger partial charge in [0, 0.05) is 43.0 Å². The van der Waals surface area contributed by atoms with Crippen LogP contribution in [0.5, 0.6) is 5.75 Å². The van der Waals surface area contributed by atoms with Crippen molar-refractivity contribution in [3.63, 3.8) is 0 Å². The first-order chi connectivity index (χ1) is 21.7. The Hall–Kier alpha value is -4.39. The Morgan fingerprint density at radius 1 is 1.07 bits per heavy atom. The summed E-state index contributed by atoms with van der Waals surface area (Å²) in [7, 11) is 1.58. The molecule has 2 amide bonds. The number of methoxy groups -OCH3 is 1. The maximum absolute atomic E-state index is 14.2. The Morgan fingerprint density at radius 3 is 2.44 bits per heavy atom. The highest BCUT2D eigenvalue weighted by atomic mass is 16.5. The van der Waals surface area contributed by atoms with Crippen molar-refractivity contribution in [1.82, 2.24) is 20.1 Å². The number of pyridine rings is 1. The van der Waals surface area contributed by atoms with Crippen LogP contribution in [-0.2, 0) is 4.79 Å². The van der Waals surface area contributed by atoms with Gasteiger partial charge in [0.2, 0.25) is 5.91 Å². The third-order valence-electron chi connectivity index (χ3n) is 9.59. The molecule has 45 heavy (non-hydrogen) atoms. The van der Waals surface area contributed by atoms with Gasteiger partial charge in [-0.05, 0) is 118 Å². The number of hydrogen-bond donors (Lipinski definition) is 2. The van der Waals surface area contributed by atoms with E-state index in [-0.39, 0.29) is 23.8 Å². The lowest BCUT2D eigenvalue weighted by Crippen LogP contribution is -2.42. The van der Waals surface area contributed by atoms with Crippen LogP contribution >= 0.6 is 0 Å². The van der Waals surface area contributed by atoms with Crippen LogP contribution < -0.4 is 15.0 Å². The SMILES string of the molecule is COc1ccc(C2CCC(CN(C(=O)C3CCC(CNC(=O)O)CC3)c3cc(-c4cnn(C(C)C)c4)ccn3)CC2)cc1C#N. The largest absolute Gasteiger partial charge is 0.495 e. The number of aromatic nitrogens is 3. The molecule has 0 radical (unpaired) electrons. The number of hydrogen-bond acceptors (Lipinski definition) is 6. The smallest absolute Gasteiger partial charge is 0.404 e. The van der Waals surface area contributed by atoms with Gasteiger partial charge in [0.15, 0.2) is 0 Å². The van der Waals surface area contributed by atoms with E-state index in [0.29, 0.717) is 42.1 Å². The molecule has 0 spiro atoms. The first-order valence-electron chi connectivity index (χ1n) is 16.1. The van der Waals surface area contributed by atoms with E-state index in [1.165, 1.54) is 5.56 Å². The fraction of sp³-hybridized carbons (Fsp3) is 0.514. The van der Waals surface area contributed by atoms with Crippen LogP contribution in [-0.4, -0.2) is 52.1 Å². The van der Waals surface area contributed by atoms with Crippen molar-refractivity contribution in [2.45, 2.75) is 77.2 Å². The fourth-order valence-electron chi connectivity index (χ4n) is 6.88. The zero-order valence-corrected chi connectivity index (χ0v) is 26.5. The van der Waals surface area contributed by atoms with Crippen LogP contribution in [0.15, 0.2) is 48.9 Å². The molecule has 0 aliphatic heterocycles. The third-order valence-corrected chi connectivity index (χ3v) is 9.59. The van der Waals surface area contributed by atoms with Crippen LogP contribution in [0.3, 0.4) is 0 Å². The quantitative estimate of drug-likeness (QED) is 0.258. The first-order valence-corrected chi connectivity index (χ1v) is 16.1. The standard InChI is InChI=1S/C35H44N6O4/c1-23(2)41-22-31(20-39-41)29-14-15-37-33(17-29)40(34(42)27-10-4-24(5-11-27)19-38-35(43)44)21-25-6-8-26(9-7-25)28-12-13-32(45-3)30(16-28)18-36/h12-17,20,22-27,38H,4-11,19,21H2,1-3H3,(H,43,44). The molecule has 2 aliphatic carbocycles. The van der Waals surface area contributed by atoms with Crippen LogP contribution in [0.4, 0.5) is 10.6 Å². The molecule has 0 bridgehead atoms. The van der Waals surface area contributed by atoms with Crippen molar-refractivity contribution in [3.8, 4) is 22.9 Å². The molecule has 2 aliphatic rings. The minimum absolute atomic E-state index is 0.109. The molecular formula is C35H44N6O4. The molecule has 0 saturated heterocycles. The van der Waals surface area contributed by atoms with Crippen molar-refractivity contribution in [1.29, 1.82) is 5.26 Å². The van der Waals surface area contributed by atoms with E-state index in [2.05, 4.69) is 36.4 Å². The van der Waals surface area contributed by atoms with Gasteiger partial charge in [0.25, 0.3) is 0 Å². The summed E-state index contributed by atoms with van der Waals surface area (Å²) in [6, 6.07) is 12.4. The second-order valence-corrected chi connectivity index (χ2v) is 12.8. The molecule has 10 heteroatoms. The molecule has 10 nitrogen and oxygen atoms in total. The Labute approximate surface area is 265 Å². The number of carbonyl (C=O) groups excluding carboxylic acids is 1. The van der Waals surface area contributed by atoms with E-state index < -0.39 is 6.09 Å². The second-order valence-electron chi connectivity index (χ2n) is 12.8. The number of carbonyl (C=O) groups is 2. The minimum Gasteiger partial charge on any atom is -0.495 e. The maximum atomic E-state index is 14.2. The average Bonchev–Trinajstić information content (AvgIpc) is 3.57. The number of amides is 2. The summed E-state index contributed by atoms with van der Waals surface area (Å²) >= 11 is 0. The van der Waals surface area contributed by atoms with Gasteiger partial charge in [-0.2, -0.15) is 10.4 Å². The molecule has 0 atom stereocenters. The number of anilines is 1. The lowest BCUT2D eigenvalue weighted by atomic mass is 9.77. The van der Waals surface area contributed by atoms with E-state index in [1.807, 2.05) is 46.2 Å². The highest BCUT2D eigenvalue weighted by Crippen LogP contribution is 2.39. The molecule has 2 saturated carbocycles. The monoisotopic (exact) mass is 612 g/mol. The Balaban J connectivity index is 1.32. The van der Waals surface area contributed by atoms with Crippen molar-refractivity contribution in [3.05, 3.63) is 60.0 Å². The number of nitriles is 1. The summed E-state index contributed by atoms with van der Waals surface area (Å²) in [5.74, 6) is 2.23. The number of nitrogens with zero attached hydrogens (tertiary/aromatic N) is 5. The number of benzene rings is 1. The average molecular weight is 613 g/mol. The van der Waals surface area contributed by atoms with Gasteiger partial charge in [-0.3, -0.25) is 14.4 Å². The van der Waals surface area contributed by atoms with Crippen molar-refractivity contribution in [2.24, 2.45) is 17.8 Å². The molecule has 3 aromatic rings. The lowest BCUT2D eigenvalue weighted by Gasteiger charge is -2.36. The molecule has 0 unspecified atom stereocenters. The Kier molecular flexibility index (Phi) is 10.4. The van der Waals surface area contributed by atoms with E-state index in [4.69, 9.17) is 14.8 Å². The summed E-state index contributed by atoms with van der Waals surface area (Å²) in [6.07, 6.45) is 11.7. The van der Waals surface area contributed by atoms with Gasteiger partial charge in [-0.25, -0.2) is 9.78 Å². The van der Waals surface area contributed by atoms with Crippen LogP contribution in [0, 0.1) is 29.1 Å². The molecule has 1 aromatic carbocycles. The molecule has 238 valence electrons. The summed E-state index contributed by atoms with van der Waals surface area (Å²) < 4.78 is 7.26. The highest BCUT2D eigenvalue weighted by Gasteiger charge is 2.33. The first kappa shape index (κ1) is 32.0. The van der Waals surface area contributed by atoms with Gasteiger partial charge < -0.3 is 15.2 Å². The van der Waals surface area contributed by atoms with Gasteiger partial charge in [0.05, 0.1) is 18.9 Å². The van der Waals surface area contributed by atoms with Crippen LogP contribution in [0.2, 0.25) is 0 Å². The van der Waals surface area contributed by atoms with E-state index in [9.17, 15) is 14.9 Å². The molecular weight excluding hydrogens is 568 g/mol.